The molecule has 1 aliphatic carbocycles. The lowest BCUT2D eigenvalue weighted by atomic mass is 9.77. The minimum Gasteiger partial charge on any atom is -0.481 e. The van der Waals surface area contributed by atoms with E-state index in [0.717, 1.165) is 19.3 Å². The number of amides is 1. The molecular weight excluding hydrogens is 206 g/mol. The number of anilines is 1. The normalized spacial score (nSPS) is 17.4. The number of carbonyl (C=O) groups is 1. The van der Waals surface area contributed by atoms with E-state index in [4.69, 9.17) is 10.5 Å². The Morgan fingerprint density at radius 3 is 2.75 bits per heavy atom. The highest BCUT2D eigenvalue weighted by molar-refractivity contribution is 5.98. The summed E-state index contributed by atoms with van der Waals surface area (Å²) in [5.41, 5.74) is 5.85. The Bertz CT molecular complexity index is 385. The molecule has 1 heterocycles. The summed E-state index contributed by atoms with van der Waals surface area (Å²) in [5, 5.41) is 2.75. The summed E-state index contributed by atoms with van der Waals surface area (Å²) in [6, 6.07) is 3.44. The van der Waals surface area contributed by atoms with Gasteiger partial charge in [-0.25, -0.2) is 4.98 Å². The predicted molar refractivity (Wildman–Crippen MR) is 60.2 cm³/mol. The van der Waals surface area contributed by atoms with Crippen molar-refractivity contribution in [2.24, 2.45) is 5.73 Å². The van der Waals surface area contributed by atoms with Gasteiger partial charge in [-0.2, -0.15) is 0 Å². The number of nitrogens with two attached hydrogens (primary N) is 1. The highest BCUT2D eigenvalue weighted by Crippen LogP contribution is 2.30. The predicted octanol–water partition coefficient (Wildman–Crippen LogP) is 0.910. The van der Waals surface area contributed by atoms with Crippen LogP contribution >= 0.6 is 0 Å². The van der Waals surface area contributed by atoms with Crippen LogP contribution in [0.25, 0.3) is 0 Å². The Morgan fingerprint density at radius 1 is 1.56 bits per heavy atom. The molecule has 1 fully saturated rings. The molecule has 0 spiro atoms. The van der Waals surface area contributed by atoms with Gasteiger partial charge in [0.1, 0.15) is 0 Å². The summed E-state index contributed by atoms with van der Waals surface area (Å²) < 4.78 is 4.93. The Balaban J connectivity index is 2.00. The molecule has 0 radical (unpaired) electrons. The molecule has 5 heteroatoms. The van der Waals surface area contributed by atoms with Gasteiger partial charge in [-0.15, -0.1) is 0 Å². The van der Waals surface area contributed by atoms with E-state index in [1.165, 1.54) is 0 Å². The molecule has 0 aliphatic heterocycles. The van der Waals surface area contributed by atoms with Crippen LogP contribution in [0.4, 0.5) is 5.69 Å². The molecule has 1 aromatic rings. The zero-order chi connectivity index (χ0) is 11.6. The first kappa shape index (κ1) is 10.9. The number of methoxy groups -OCH3 is 1. The number of nitrogens with zero attached hydrogens (tertiary/aromatic N) is 1. The van der Waals surface area contributed by atoms with E-state index in [1.54, 1.807) is 25.4 Å². The van der Waals surface area contributed by atoms with Crippen molar-refractivity contribution in [3.8, 4) is 5.88 Å². The van der Waals surface area contributed by atoms with Crippen LogP contribution in [0.2, 0.25) is 0 Å². The number of carbonyl (C=O) groups excluding carboxylic acids is 1. The average molecular weight is 221 g/mol. The fraction of sp³-hybridized carbons (Fsp3) is 0.455. The van der Waals surface area contributed by atoms with Crippen molar-refractivity contribution in [1.82, 2.24) is 4.98 Å². The maximum absolute atomic E-state index is 11.8. The molecule has 1 aliphatic rings. The van der Waals surface area contributed by atoms with Gasteiger partial charge in [-0.3, -0.25) is 4.79 Å². The number of rotatable bonds is 3. The standard InChI is InChI=1S/C11H15N3O2/c1-16-9-4-3-8(7-13-9)14-10(15)11(12)5-2-6-11/h3-4,7H,2,5-6,12H2,1H3,(H,14,15). The molecule has 86 valence electrons. The first-order valence-corrected chi connectivity index (χ1v) is 5.24. The van der Waals surface area contributed by atoms with Crippen molar-refractivity contribution >= 4 is 11.6 Å². The lowest BCUT2D eigenvalue weighted by Crippen LogP contribution is -2.56. The topological polar surface area (TPSA) is 77.2 Å². The van der Waals surface area contributed by atoms with Gasteiger partial charge in [0.05, 0.1) is 24.5 Å². The number of aromatic nitrogens is 1. The summed E-state index contributed by atoms with van der Waals surface area (Å²) in [5.74, 6) is 0.384. The van der Waals surface area contributed by atoms with Gasteiger partial charge < -0.3 is 15.8 Å². The van der Waals surface area contributed by atoms with E-state index in [-0.39, 0.29) is 5.91 Å². The second kappa shape index (κ2) is 4.09. The van der Waals surface area contributed by atoms with Crippen LogP contribution in [-0.4, -0.2) is 23.5 Å². The lowest BCUT2D eigenvalue weighted by Gasteiger charge is -2.36. The van der Waals surface area contributed by atoms with Crippen molar-refractivity contribution in [2.75, 3.05) is 12.4 Å². The zero-order valence-electron chi connectivity index (χ0n) is 9.19. The molecule has 0 saturated heterocycles. The number of ether oxygens (including phenoxy) is 1. The molecule has 1 aromatic heterocycles. The monoisotopic (exact) mass is 221 g/mol. The molecule has 2 rings (SSSR count). The van der Waals surface area contributed by atoms with Crippen molar-refractivity contribution < 1.29 is 9.53 Å². The van der Waals surface area contributed by atoms with Crippen LogP contribution in [0.1, 0.15) is 19.3 Å². The second-order valence-corrected chi connectivity index (χ2v) is 4.05. The Morgan fingerprint density at radius 2 is 2.31 bits per heavy atom. The molecule has 1 saturated carbocycles. The molecule has 5 nitrogen and oxygen atoms in total. The van der Waals surface area contributed by atoms with Gasteiger partial charge in [0, 0.05) is 6.07 Å². The van der Waals surface area contributed by atoms with Gasteiger partial charge in [0.2, 0.25) is 11.8 Å². The van der Waals surface area contributed by atoms with E-state index in [9.17, 15) is 4.79 Å². The smallest absolute Gasteiger partial charge is 0.244 e. The van der Waals surface area contributed by atoms with Gasteiger partial charge >= 0.3 is 0 Å². The highest BCUT2D eigenvalue weighted by Gasteiger charge is 2.40. The van der Waals surface area contributed by atoms with Gasteiger partial charge in [-0.1, -0.05) is 0 Å². The molecule has 0 unspecified atom stereocenters. The molecule has 16 heavy (non-hydrogen) atoms. The van der Waals surface area contributed by atoms with Crippen LogP contribution in [0.3, 0.4) is 0 Å². The van der Waals surface area contributed by atoms with Crippen molar-refractivity contribution in [1.29, 1.82) is 0 Å². The molecular formula is C11H15N3O2. The van der Waals surface area contributed by atoms with Crippen LogP contribution in [0, 0.1) is 0 Å². The third-order valence-electron chi connectivity index (χ3n) is 2.90. The fourth-order valence-corrected chi connectivity index (χ4v) is 1.62. The van der Waals surface area contributed by atoms with Gasteiger partial charge in [-0.05, 0) is 25.3 Å². The third kappa shape index (κ3) is 1.99. The SMILES string of the molecule is COc1ccc(NC(=O)C2(N)CCC2)cn1. The van der Waals surface area contributed by atoms with Crippen LogP contribution in [0.5, 0.6) is 5.88 Å². The zero-order valence-corrected chi connectivity index (χ0v) is 9.19. The average Bonchev–Trinajstić information content (AvgIpc) is 2.27. The largest absolute Gasteiger partial charge is 0.481 e. The van der Waals surface area contributed by atoms with E-state index in [1.807, 2.05) is 0 Å². The summed E-state index contributed by atoms with van der Waals surface area (Å²) >= 11 is 0. The highest BCUT2D eigenvalue weighted by atomic mass is 16.5. The first-order chi connectivity index (χ1) is 7.64. The van der Waals surface area contributed by atoms with Crippen LogP contribution < -0.4 is 15.8 Å². The van der Waals surface area contributed by atoms with E-state index in [2.05, 4.69) is 10.3 Å². The first-order valence-electron chi connectivity index (χ1n) is 5.24. The van der Waals surface area contributed by atoms with Crippen molar-refractivity contribution in [2.45, 2.75) is 24.8 Å². The summed E-state index contributed by atoms with van der Waals surface area (Å²) in [4.78, 5) is 15.8. The van der Waals surface area contributed by atoms with E-state index in [0.29, 0.717) is 11.6 Å². The molecule has 0 atom stereocenters. The van der Waals surface area contributed by atoms with Crippen LogP contribution in [-0.2, 0) is 4.79 Å². The van der Waals surface area contributed by atoms with Crippen LogP contribution in [0.15, 0.2) is 18.3 Å². The summed E-state index contributed by atoms with van der Waals surface area (Å²) in [6.07, 6.45) is 4.08. The number of pyridine rings is 1. The maximum Gasteiger partial charge on any atom is 0.244 e. The number of nitrogens with one attached hydrogen (secondary N) is 1. The minimum atomic E-state index is -0.681. The fourth-order valence-electron chi connectivity index (χ4n) is 1.62. The third-order valence-corrected chi connectivity index (χ3v) is 2.90. The Labute approximate surface area is 94.0 Å². The second-order valence-electron chi connectivity index (χ2n) is 4.05. The molecule has 0 aromatic carbocycles. The van der Waals surface area contributed by atoms with Crippen molar-refractivity contribution in [3.05, 3.63) is 18.3 Å². The number of hydrogen-bond acceptors (Lipinski definition) is 4. The molecule has 0 bridgehead atoms. The van der Waals surface area contributed by atoms with Gasteiger partial charge in [0.15, 0.2) is 0 Å². The minimum absolute atomic E-state index is 0.134. The Kier molecular flexibility index (Phi) is 2.78. The Hall–Kier alpha value is -1.62. The molecule has 1 amide bonds. The van der Waals surface area contributed by atoms with E-state index < -0.39 is 5.54 Å². The van der Waals surface area contributed by atoms with Gasteiger partial charge in [0.25, 0.3) is 0 Å². The summed E-state index contributed by atoms with van der Waals surface area (Å²) in [6.45, 7) is 0. The van der Waals surface area contributed by atoms with Crippen molar-refractivity contribution in [3.63, 3.8) is 0 Å². The van der Waals surface area contributed by atoms with E-state index >= 15 is 0 Å². The lowest BCUT2D eigenvalue weighted by molar-refractivity contribution is -0.123. The summed E-state index contributed by atoms with van der Waals surface area (Å²) in [7, 11) is 1.55. The quantitative estimate of drug-likeness (QED) is 0.795. The maximum atomic E-state index is 11.8. The molecule has 3 N–H and O–H groups in total. The number of hydrogen-bond donors (Lipinski definition) is 2.